The van der Waals surface area contributed by atoms with Crippen LogP contribution in [-0.2, 0) is 18.3 Å². The predicted octanol–water partition coefficient (Wildman–Crippen LogP) is 1.70. The average Bonchev–Trinajstić information content (AvgIpc) is 2.58. The van der Waals surface area contributed by atoms with E-state index in [-0.39, 0.29) is 12.4 Å². The molecule has 1 rings (SSSR count). The Kier molecular flexibility index (Phi) is 4.13. The predicted molar refractivity (Wildman–Crippen MR) is 67.6 cm³/mol. The largest absolute Gasteiger partial charge is 0.444 e. The highest BCUT2D eigenvalue weighted by atomic mass is 16.6. The summed E-state index contributed by atoms with van der Waals surface area (Å²) in [7, 11) is 3.15. The summed E-state index contributed by atoms with van der Waals surface area (Å²) in [5, 5.41) is 14.3. The molecule has 1 amide bonds. The first-order valence-electron chi connectivity index (χ1n) is 5.71. The van der Waals surface area contributed by atoms with Gasteiger partial charge in [-0.05, 0) is 25.7 Å². The Hall–Kier alpha value is -2.12. The first-order valence-corrected chi connectivity index (χ1v) is 5.71. The van der Waals surface area contributed by atoms with Gasteiger partial charge in [-0.3, -0.25) is 0 Å². The van der Waals surface area contributed by atoms with Crippen LogP contribution in [0.25, 0.3) is 0 Å². The summed E-state index contributed by atoms with van der Waals surface area (Å²) < 4.78 is 6.56. The van der Waals surface area contributed by atoms with Gasteiger partial charge in [0.1, 0.15) is 5.60 Å². The zero-order valence-electron chi connectivity index (χ0n) is 11.7. The van der Waals surface area contributed by atoms with Crippen LogP contribution >= 0.6 is 0 Å². The number of ether oxygens (including phenoxy) is 1. The highest BCUT2D eigenvalue weighted by Crippen LogP contribution is 2.14. The van der Waals surface area contributed by atoms with Crippen molar-refractivity contribution in [2.75, 3.05) is 7.05 Å². The second-order valence-corrected chi connectivity index (χ2v) is 5.21. The lowest BCUT2D eigenvalue weighted by molar-refractivity contribution is -0.389. The van der Waals surface area contributed by atoms with Gasteiger partial charge in [0.15, 0.2) is 0 Å². The molecular weight excluding hydrogens is 252 g/mol. The van der Waals surface area contributed by atoms with E-state index in [0.29, 0.717) is 5.69 Å². The van der Waals surface area contributed by atoms with Gasteiger partial charge in [-0.1, -0.05) is 0 Å². The van der Waals surface area contributed by atoms with Crippen molar-refractivity contribution < 1.29 is 14.5 Å². The highest BCUT2D eigenvalue weighted by molar-refractivity contribution is 5.67. The van der Waals surface area contributed by atoms with E-state index in [2.05, 4.69) is 5.10 Å². The Balaban J connectivity index is 2.74. The first kappa shape index (κ1) is 14.9. The maximum atomic E-state index is 11.8. The van der Waals surface area contributed by atoms with Crippen LogP contribution in [0.3, 0.4) is 0 Å². The Morgan fingerprint density at radius 1 is 1.58 bits per heavy atom. The fraction of sp³-hybridized carbons (Fsp3) is 0.636. The van der Waals surface area contributed by atoms with Crippen LogP contribution in [0.1, 0.15) is 26.5 Å². The molecule has 0 aromatic carbocycles. The summed E-state index contributed by atoms with van der Waals surface area (Å²) in [5.74, 6) is -0.241. The monoisotopic (exact) mass is 270 g/mol. The Bertz CT molecular complexity index is 489. The number of hydrogen-bond acceptors (Lipinski definition) is 5. The SMILES string of the molecule is CN(Cc1cc([N+](=O)[O-])nn1C)C(=O)OC(C)(C)C. The molecule has 0 bridgehead atoms. The summed E-state index contributed by atoms with van der Waals surface area (Å²) in [6.45, 7) is 5.50. The molecule has 0 unspecified atom stereocenters. The van der Waals surface area contributed by atoms with Crippen molar-refractivity contribution in [1.29, 1.82) is 0 Å². The lowest BCUT2D eigenvalue weighted by atomic mass is 10.2. The molecule has 0 fully saturated rings. The summed E-state index contributed by atoms with van der Waals surface area (Å²) in [5.41, 5.74) is -0.0240. The van der Waals surface area contributed by atoms with E-state index in [1.807, 2.05) is 0 Å². The van der Waals surface area contributed by atoms with E-state index in [1.54, 1.807) is 34.9 Å². The maximum Gasteiger partial charge on any atom is 0.410 e. The Morgan fingerprint density at radius 2 is 2.16 bits per heavy atom. The van der Waals surface area contributed by atoms with Crippen LogP contribution in [0.5, 0.6) is 0 Å². The molecule has 0 atom stereocenters. The molecule has 0 saturated carbocycles. The fourth-order valence-corrected chi connectivity index (χ4v) is 1.37. The quantitative estimate of drug-likeness (QED) is 0.615. The van der Waals surface area contributed by atoms with E-state index in [4.69, 9.17) is 4.74 Å². The zero-order chi connectivity index (χ0) is 14.8. The van der Waals surface area contributed by atoms with Crippen LogP contribution in [0.2, 0.25) is 0 Å². The molecule has 106 valence electrons. The number of rotatable bonds is 3. The summed E-state index contributed by atoms with van der Waals surface area (Å²) in [6.07, 6.45) is -0.489. The van der Waals surface area contributed by atoms with Gasteiger partial charge in [0.25, 0.3) is 0 Å². The van der Waals surface area contributed by atoms with Crippen molar-refractivity contribution in [3.05, 3.63) is 21.9 Å². The van der Waals surface area contributed by atoms with Crippen LogP contribution in [-0.4, -0.2) is 38.3 Å². The molecule has 0 saturated heterocycles. The third-order valence-electron chi connectivity index (χ3n) is 2.26. The fourth-order valence-electron chi connectivity index (χ4n) is 1.37. The van der Waals surface area contributed by atoms with Gasteiger partial charge in [-0.2, -0.15) is 4.68 Å². The molecule has 1 aromatic heterocycles. The average molecular weight is 270 g/mol. The number of nitro groups is 1. The van der Waals surface area contributed by atoms with Crippen molar-refractivity contribution in [1.82, 2.24) is 14.7 Å². The molecule has 0 spiro atoms. The lowest BCUT2D eigenvalue weighted by Crippen LogP contribution is -2.34. The number of aryl methyl sites for hydroxylation is 1. The summed E-state index contributed by atoms with van der Waals surface area (Å²) in [6, 6.07) is 1.33. The number of amides is 1. The van der Waals surface area contributed by atoms with Gasteiger partial charge in [-0.15, -0.1) is 0 Å². The minimum Gasteiger partial charge on any atom is -0.444 e. The Morgan fingerprint density at radius 3 is 2.58 bits per heavy atom. The van der Waals surface area contributed by atoms with Crippen molar-refractivity contribution >= 4 is 11.9 Å². The van der Waals surface area contributed by atoms with E-state index >= 15 is 0 Å². The van der Waals surface area contributed by atoms with E-state index in [1.165, 1.54) is 15.6 Å². The smallest absolute Gasteiger partial charge is 0.410 e. The second kappa shape index (κ2) is 5.25. The van der Waals surface area contributed by atoms with E-state index in [9.17, 15) is 14.9 Å². The van der Waals surface area contributed by atoms with Crippen molar-refractivity contribution in [3.8, 4) is 0 Å². The van der Waals surface area contributed by atoms with Crippen LogP contribution in [0.4, 0.5) is 10.6 Å². The number of carbonyl (C=O) groups excluding carboxylic acids is 1. The van der Waals surface area contributed by atoms with Gasteiger partial charge in [0.05, 0.1) is 30.5 Å². The molecule has 0 N–H and O–H groups in total. The zero-order valence-corrected chi connectivity index (χ0v) is 11.7. The number of aromatic nitrogens is 2. The minimum absolute atomic E-state index is 0.187. The standard InChI is InChI=1S/C11H18N4O4/c1-11(2,3)19-10(16)13(4)7-8-6-9(15(17)18)12-14(8)5/h6H,7H2,1-5H3. The molecule has 19 heavy (non-hydrogen) atoms. The van der Waals surface area contributed by atoms with Crippen molar-refractivity contribution in [2.45, 2.75) is 32.9 Å². The minimum atomic E-state index is -0.580. The molecule has 8 nitrogen and oxygen atoms in total. The van der Waals surface area contributed by atoms with E-state index in [0.717, 1.165) is 0 Å². The van der Waals surface area contributed by atoms with Gasteiger partial charge in [0, 0.05) is 7.05 Å². The highest BCUT2D eigenvalue weighted by Gasteiger charge is 2.22. The third kappa shape index (κ3) is 4.23. The van der Waals surface area contributed by atoms with Gasteiger partial charge in [-0.25, -0.2) is 4.79 Å². The molecule has 0 aliphatic rings. The van der Waals surface area contributed by atoms with Gasteiger partial charge >= 0.3 is 11.9 Å². The number of carbonyl (C=O) groups is 1. The Labute approximate surface area is 111 Å². The maximum absolute atomic E-state index is 11.8. The number of hydrogen-bond donors (Lipinski definition) is 0. The summed E-state index contributed by atoms with van der Waals surface area (Å²) >= 11 is 0. The normalized spacial score (nSPS) is 11.2. The molecule has 1 heterocycles. The van der Waals surface area contributed by atoms with E-state index < -0.39 is 16.6 Å². The first-order chi connectivity index (χ1) is 8.60. The molecule has 0 aliphatic heterocycles. The van der Waals surface area contributed by atoms with Crippen LogP contribution in [0, 0.1) is 10.1 Å². The summed E-state index contributed by atoms with van der Waals surface area (Å²) in [4.78, 5) is 23.1. The van der Waals surface area contributed by atoms with Gasteiger partial charge < -0.3 is 19.8 Å². The van der Waals surface area contributed by atoms with Gasteiger partial charge in [0.2, 0.25) is 0 Å². The van der Waals surface area contributed by atoms with Crippen molar-refractivity contribution in [2.24, 2.45) is 7.05 Å². The topological polar surface area (TPSA) is 90.5 Å². The molecular formula is C11H18N4O4. The van der Waals surface area contributed by atoms with Crippen molar-refractivity contribution in [3.63, 3.8) is 0 Å². The molecule has 0 aliphatic carbocycles. The molecule has 8 heteroatoms. The number of nitrogens with zero attached hydrogens (tertiary/aromatic N) is 4. The second-order valence-electron chi connectivity index (χ2n) is 5.21. The molecule has 1 aromatic rings. The van der Waals surface area contributed by atoms with Crippen LogP contribution in [0.15, 0.2) is 6.07 Å². The third-order valence-corrected chi connectivity index (χ3v) is 2.26. The molecule has 0 radical (unpaired) electrons. The van der Waals surface area contributed by atoms with Crippen LogP contribution < -0.4 is 0 Å². The lowest BCUT2D eigenvalue weighted by Gasteiger charge is -2.24.